The van der Waals surface area contributed by atoms with Crippen LogP contribution in [0.1, 0.15) is 31.4 Å². The maximum atomic E-state index is 10.8. The second-order valence-corrected chi connectivity index (χ2v) is 5.46. The van der Waals surface area contributed by atoms with E-state index in [9.17, 15) is 10.1 Å². The third kappa shape index (κ3) is 4.86. The zero-order valence-corrected chi connectivity index (χ0v) is 13.9. The molecule has 0 aromatic carbocycles. The Morgan fingerprint density at radius 1 is 1.45 bits per heavy atom. The van der Waals surface area contributed by atoms with E-state index < -0.39 is 0 Å². The molecule has 0 amide bonds. The molecule has 1 saturated heterocycles. The van der Waals surface area contributed by atoms with Gasteiger partial charge in [-0.3, -0.25) is 15.0 Å². The van der Waals surface area contributed by atoms with Crippen molar-refractivity contribution in [1.29, 1.82) is 0 Å². The summed E-state index contributed by atoms with van der Waals surface area (Å²) in [5.74, 6) is 0. The molecule has 1 atom stereocenters. The number of rotatable bonds is 5. The number of hydrogen-bond donors (Lipinski definition) is 1. The summed E-state index contributed by atoms with van der Waals surface area (Å²) >= 11 is 1.23. The van der Waals surface area contributed by atoms with E-state index in [-0.39, 0.29) is 34.7 Å². The van der Waals surface area contributed by atoms with Gasteiger partial charge in [-0.05, 0) is 12.0 Å². The lowest BCUT2D eigenvalue weighted by atomic mass is 10.0. The van der Waals surface area contributed by atoms with Gasteiger partial charge in [0.25, 0.3) is 0 Å². The summed E-state index contributed by atoms with van der Waals surface area (Å²) in [6, 6.07) is 2.08. The van der Waals surface area contributed by atoms with Crippen molar-refractivity contribution in [1.82, 2.24) is 10.2 Å². The second kappa shape index (κ2) is 9.52. The van der Waals surface area contributed by atoms with E-state index in [1.165, 1.54) is 11.3 Å². The van der Waals surface area contributed by atoms with Crippen molar-refractivity contribution >= 4 is 41.2 Å². The second-order valence-electron chi connectivity index (χ2n) is 4.57. The van der Waals surface area contributed by atoms with Crippen LogP contribution in [0.3, 0.4) is 0 Å². The van der Waals surface area contributed by atoms with Crippen LogP contribution >= 0.6 is 36.2 Å². The van der Waals surface area contributed by atoms with Gasteiger partial charge in [-0.1, -0.05) is 24.7 Å². The van der Waals surface area contributed by atoms with Gasteiger partial charge >= 0.3 is 5.00 Å². The van der Waals surface area contributed by atoms with Gasteiger partial charge in [0.1, 0.15) is 0 Å². The van der Waals surface area contributed by atoms with Crippen LogP contribution < -0.4 is 5.32 Å². The van der Waals surface area contributed by atoms with Crippen molar-refractivity contribution in [3.8, 4) is 0 Å². The van der Waals surface area contributed by atoms with E-state index in [1.54, 1.807) is 6.07 Å². The molecule has 1 aliphatic heterocycles. The van der Waals surface area contributed by atoms with Crippen molar-refractivity contribution in [2.45, 2.75) is 25.8 Å². The highest BCUT2D eigenvalue weighted by Crippen LogP contribution is 2.32. The van der Waals surface area contributed by atoms with Gasteiger partial charge in [-0.15, -0.1) is 24.8 Å². The molecule has 5 nitrogen and oxygen atoms in total. The van der Waals surface area contributed by atoms with Gasteiger partial charge < -0.3 is 5.32 Å². The van der Waals surface area contributed by atoms with E-state index in [2.05, 4.69) is 17.1 Å². The quantitative estimate of drug-likeness (QED) is 0.659. The van der Waals surface area contributed by atoms with Gasteiger partial charge in [-0.25, -0.2) is 0 Å². The molecule has 1 aromatic rings. The van der Waals surface area contributed by atoms with E-state index in [0.717, 1.165) is 44.6 Å². The molecular formula is C12H21Cl2N3O2S. The Morgan fingerprint density at radius 3 is 2.60 bits per heavy atom. The fourth-order valence-corrected chi connectivity index (χ4v) is 3.21. The Bertz CT molecular complexity index is 411. The molecule has 116 valence electrons. The van der Waals surface area contributed by atoms with Crippen LogP contribution in [0.4, 0.5) is 5.00 Å². The lowest BCUT2D eigenvalue weighted by Crippen LogP contribution is -2.45. The molecule has 1 N–H and O–H groups in total. The smallest absolute Gasteiger partial charge is 0.314 e. The van der Waals surface area contributed by atoms with Gasteiger partial charge in [0.15, 0.2) is 0 Å². The molecule has 0 saturated carbocycles. The van der Waals surface area contributed by atoms with Crippen molar-refractivity contribution < 1.29 is 4.92 Å². The predicted molar refractivity (Wildman–Crippen MR) is 87.6 cm³/mol. The first-order valence-corrected chi connectivity index (χ1v) is 7.28. The summed E-state index contributed by atoms with van der Waals surface area (Å²) in [6.07, 6.45) is 2.16. The Balaban J connectivity index is 0.00000180. The molecule has 1 aromatic heterocycles. The standard InChI is InChI=1S/C12H19N3O2S.2ClH/c1-2-3-11(14-6-4-13-5-7-14)10-8-12(15(16)17)18-9-10;;/h8-9,11,13H,2-7H2,1H3;2*1H/t11-;;/m1../s1. The van der Waals surface area contributed by atoms with Crippen molar-refractivity contribution in [2.75, 3.05) is 26.2 Å². The summed E-state index contributed by atoms with van der Waals surface area (Å²) in [4.78, 5) is 12.9. The fraction of sp³-hybridized carbons (Fsp3) is 0.667. The third-order valence-corrected chi connectivity index (χ3v) is 4.22. The molecule has 20 heavy (non-hydrogen) atoms. The van der Waals surface area contributed by atoms with Crippen molar-refractivity contribution in [3.05, 3.63) is 27.1 Å². The van der Waals surface area contributed by atoms with E-state index >= 15 is 0 Å². The van der Waals surface area contributed by atoms with Crippen LogP contribution in [0.25, 0.3) is 0 Å². The maximum absolute atomic E-state index is 10.8. The average Bonchev–Trinajstić information content (AvgIpc) is 2.86. The minimum Gasteiger partial charge on any atom is -0.314 e. The summed E-state index contributed by atoms with van der Waals surface area (Å²) in [5.41, 5.74) is 1.11. The first-order chi connectivity index (χ1) is 8.72. The number of hydrogen-bond acceptors (Lipinski definition) is 5. The number of halogens is 2. The largest absolute Gasteiger partial charge is 0.324 e. The molecule has 1 fully saturated rings. The van der Waals surface area contributed by atoms with Crippen LogP contribution in [0.15, 0.2) is 11.4 Å². The Kier molecular flexibility index (Phi) is 9.33. The molecule has 0 unspecified atom stereocenters. The van der Waals surface area contributed by atoms with Gasteiger partial charge in [0.2, 0.25) is 0 Å². The number of nitrogens with one attached hydrogen (secondary N) is 1. The fourth-order valence-electron chi connectivity index (χ4n) is 2.44. The normalized spacial score (nSPS) is 16.9. The Labute approximate surface area is 135 Å². The minimum absolute atomic E-state index is 0. The molecule has 0 bridgehead atoms. The van der Waals surface area contributed by atoms with E-state index in [4.69, 9.17) is 0 Å². The highest BCUT2D eigenvalue weighted by molar-refractivity contribution is 7.13. The Hall–Kier alpha value is -0.400. The average molecular weight is 342 g/mol. The summed E-state index contributed by atoms with van der Waals surface area (Å²) in [7, 11) is 0. The summed E-state index contributed by atoms with van der Waals surface area (Å²) in [5, 5.41) is 16.3. The van der Waals surface area contributed by atoms with Gasteiger partial charge in [-0.2, -0.15) is 0 Å². The van der Waals surface area contributed by atoms with Crippen LogP contribution in [0.5, 0.6) is 0 Å². The monoisotopic (exact) mass is 341 g/mol. The lowest BCUT2D eigenvalue weighted by Gasteiger charge is -2.34. The van der Waals surface area contributed by atoms with E-state index in [0.29, 0.717) is 6.04 Å². The minimum atomic E-state index is -0.297. The number of nitro groups is 1. The number of nitrogens with zero attached hydrogens (tertiary/aromatic N) is 2. The van der Waals surface area contributed by atoms with Gasteiger partial charge in [0.05, 0.1) is 4.92 Å². The highest BCUT2D eigenvalue weighted by atomic mass is 35.5. The summed E-state index contributed by atoms with van der Waals surface area (Å²) in [6.45, 7) is 6.22. The molecule has 0 radical (unpaired) electrons. The van der Waals surface area contributed by atoms with Crippen LogP contribution in [-0.2, 0) is 0 Å². The molecular weight excluding hydrogens is 321 g/mol. The SMILES string of the molecule is CCC[C@H](c1csc([N+](=O)[O-])c1)N1CCNCC1.Cl.Cl. The predicted octanol–water partition coefficient (Wildman–Crippen LogP) is 3.25. The number of thiophene rings is 1. The van der Waals surface area contributed by atoms with E-state index in [1.807, 2.05) is 5.38 Å². The first-order valence-electron chi connectivity index (χ1n) is 6.40. The van der Waals surface area contributed by atoms with Crippen molar-refractivity contribution in [2.24, 2.45) is 0 Å². The Morgan fingerprint density at radius 2 is 2.10 bits per heavy atom. The lowest BCUT2D eigenvalue weighted by molar-refractivity contribution is -0.380. The van der Waals surface area contributed by atoms with Crippen LogP contribution in [0, 0.1) is 10.1 Å². The summed E-state index contributed by atoms with van der Waals surface area (Å²) < 4.78 is 0. The molecule has 2 rings (SSSR count). The van der Waals surface area contributed by atoms with Gasteiger partial charge in [0, 0.05) is 43.7 Å². The van der Waals surface area contributed by atoms with Crippen LogP contribution in [-0.4, -0.2) is 36.0 Å². The van der Waals surface area contributed by atoms with Crippen LogP contribution in [0.2, 0.25) is 0 Å². The molecule has 2 heterocycles. The van der Waals surface area contributed by atoms with Crippen molar-refractivity contribution in [3.63, 3.8) is 0 Å². The molecule has 0 aliphatic carbocycles. The third-order valence-electron chi connectivity index (χ3n) is 3.33. The first kappa shape index (κ1) is 19.6. The molecule has 8 heteroatoms. The number of piperazine rings is 1. The topological polar surface area (TPSA) is 58.4 Å². The maximum Gasteiger partial charge on any atom is 0.324 e. The zero-order valence-electron chi connectivity index (χ0n) is 11.4. The molecule has 0 spiro atoms. The zero-order chi connectivity index (χ0) is 13.0. The highest BCUT2D eigenvalue weighted by Gasteiger charge is 2.24. The molecule has 1 aliphatic rings.